The Labute approximate surface area is 317 Å². The van der Waals surface area contributed by atoms with E-state index in [1.54, 1.807) is 56.7 Å². The van der Waals surface area contributed by atoms with Crippen LogP contribution >= 0.6 is 0 Å². The number of aliphatic hydroxyl groups excluding tert-OH is 1. The molecule has 0 amide bonds. The summed E-state index contributed by atoms with van der Waals surface area (Å²) >= 11 is 0. The largest absolute Gasteiger partial charge is 0.508 e. The van der Waals surface area contributed by atoms with Crippen LogP contribution in [0.25, 0.3) is 0 Å². The third-order valence-corrected chi connectivity index (χ3v) is 11.3. The van der Waals surface area contributed by atoms with E-state index in [1.807, 2.05) is 30.5 Å². The minimum Gasteiger partial charge on any atom is -0.508 e. The zero-order valence-electron chi connectivity index (χ0n) is 32.7. The lowest BCUT2D eigenvalue weighted by molar-refractivity contribution is 0.00274. The number of benzene rings is 3. The SMILES string of the molecule is CNC[C@H](O)c1cccc(O)c1.COc1ccc(CN(CCN(C)C)c2ccccn2)cc1.COc1ccc2c(c1)[C@@]13CCCC[C@@H]1[C@@H](C2)N(C)CC3. The van der Waals surface area contributed by atoms with Crippen molar-refractivity contribution in [1.82, 2.24) is 20.1 Å². The number of hydrogen-bond donors (Lipinski definition) is 3. The van der Waals surface area contributed by atoms with Crippen molar-refractivity contribution in [2.24, 2.45) is 5.92 Å². The number of phenols is 1. The van der Waals surface area contributed by atoms with Crippen LogP contribution in [-0.4, -0.2) is 99.6 Å². The number of nitrogens with one attached hydrogen (secondary N) is 1. The van der Waals surface area contributed by atoms with Crippen molar-refractivity contribution < 1.29 is 19.7 Å². The number of fused-ring (bicyclic) bond motifs is 1. The molecule has 3 N–H and O–H groups in total. The van der Waals surface area contributed by atoms with Crippen molar-refractivity contribution in [3.63, 3.8) is 0 Å². The molecule has 3 aliphatic rings. The van der Waals surface area contributed by atoms with E-state index in [1.165, 1.54) is 50.6 Å². The molecule has 3 aromatic carbocycles. The number of anilines is 1. The van der Waals surface area contributed by atoms with Gasteiger partial charge in [0, 0.05) is 43.8 Å². The quantitative estimate of drug-likeness (QED) is 0.157. The van der Waals surface area contributed by atoms with Gasteiger partial charge in [0.2, 0.25) is 0 Å². The van der Waals surface area contributed by atoms with Crippen LogP contribution in [0.5, 0.6) is 17.2 Å². The Bertz CT molecular complexity index is 1690. The van der Waals surface area contributed by atoms with Gasteiger partial charge in [-0.05, 0) is 137 Å². The maximum atomic E-state index is 9.47. The van der Waals surface area contributed by atoms with Gasteiger partial charge in [-0.25, -0.2) is 4.98 Å². The molecule has 0 unspecified atom stereocenters. The van der Waals surface area contributed by atoms with E-state index < -0.39 is 6.10 Å². The highest BCUT2D eigenvalue weighted by Gasteiger charge is 2.53. The van der Waals surface area contributed by atoms with Crippen LogP contribution in [-0.2, 0) is 18.4 Å². The van der Waals surface area contributed by atoms with E-state index in [2.05, 4.69) is 82.5 Å². The van der Waals surface area contributed by atoms with Gasteiger partial charge in [-0.3, -0.25) is 0 Å². The number of pyridine rings is 1. The van der Waals surface area contributed by atoms with E-state index in [0.29, 0.717) is 12.0 Å². The minimum atomic E-state index is -0.554. The highest BCUT2D eigenvalue weighted by Crippen LogP contribution is 2.55. The molecule has 0 radical (unpaired) electrons. The Morgan fingerprint density at radius 2 is 1.70 bits per heavy atom. The molecule has 2 bridgehead atoms. The molecule has 9 heteroatoms. The van der Waals surface area contributed by atoms with Crippen molar-refractivity contribution in [1.29, 1.82) is 0 Å². The summed E-state index contributed by atoms with van der Waals surface area (Å²) in [7, 11) is 11.8. The highest BCUT2D eigenvalue weighted by atomic mass is 16.5. The predicted molar refractivity (Wildman–Crippen MR) is 215 cm³/mol. The number of likely N-dealkylation sites (N-methyl/N-ethyl adjacent to an activating group) is 3. The lowest BCUT2D eigenvalue weighted by Gasteiger charge is -2.58. The summed E-state index contributed by atoms with van der Waals surface area (Å²) in [6.45, 7) is 4.53. The first kappa shape index (κ1) is 40.0. The molecule has 4 aromatic rings. The van der Waals surface area contributed by atoms with E-state index in [-0.39, 0.29) is 5.75 Å². The van der Waals surface area contributed by atoms with Gasteiger partial charge in [0.1, 0.15) is 23.1 Å². The van der Waals surface area contributed by atoms with Crippen LogP contribution in [0, 0.1) is 5.92 Å². The van der Waals surface area contributed by atoms with Gasteiger partial charge < -0.3 is 39.7 Å². The summed E-state index contributed by atoms with van der Waals surface area (Å²) in [5.74, 6) is 3.99. The number of phenolic OH excluding ortho intramolecular Hbond substituents is 1. The first-order valence-electron chi connectivity index (χ1n) is 19.1. The second-order valence-electron chi connectivity index (χ2n) is 15.0. The monoisotopic (exact) mass is 723 g/mol. The molecular weight excluding hydrogens is 663 g/mol. The molecule has 1 aliphatic heterocycles. The normalized spacial score (nSPS) is 20.8. The van der Waals surface area contributed by atoms with E-state index in [9.17, 15) is 5.11 Å². The first-order valence-corrected chi connectivity index (χ1v) is 19.1. The van der Waals surface area contributed by atoms with E-state index in [4.69, 9.17) is 14.6 Å². The molecule has 2 aliphatic carbocycles. The number of nitrogens with zero attached hydrogens (tertiary/aromatic N) is 4. The van der Waals surface area contributed by atoms with Crippen molar-refractivity contribution >= 4 is 5.82 Å². The Morgan fingerprint density at radius 1 is 0.925 bits per heavy atom. The van der Waals surface area contributed by atoms with Gasteiger partial charge in [-0.2, -0.15) is 0 Å². The van der Waals surface area contributed by atoms with Gasteiger partial charge in [0.15, 0.2) is 0 Å². The Hall–Kier alpha value is -4.15. The second kappa shape index (κ2) is 19.3. The summed E-state index contributed by atoms with van der Waals surface area (Å²) < 4.78 is 10.7. The summed E-state index contributed by atoms with van der Waals surface area (Å²) in [5, 5.41) is 21.4. The molecule has 1 aromatic heterocycles. The van der Waals surface area contributed by atoms with Crippen LogP contribution in [0.2, 0.25) is 0 Å². The Morgan fingerprint density at radius 3 is 2.38 bits per heavy atom. The van der Waals surface area contributed by atoms with Gasteiger partial charge in [-0.1, -0.05) is 49.2 Å². The Balaban J connectivity index is 0.000000159. The van der Waals surface area contributed by atoms with Gasteiger partial charge in [-0.15, -0.1) is 0 Å². The van der Waals surface area contributed by atoms with Gasteiger partial charge in [0.05, 0.1) is 20.3 Å². The number of aliphatic hydroxyl groups is 1. The number of piperidine rings is 1. The second-order valence-corrected chi connectivity index (χ2v) is 15.0. The Kier molecular flexibility index (Phi) is 14.5. The zero-order valence-corrected chi connectivity index (χ0v) is 32.7. The summed E-state index contributed by atoms with van der Waals surface area (Å²) in [4.78, 5) is 11.6. The fourth-order valence-corrected chi connectivity index (χ4v) is 8.43. The lowest BCUT2D eigenvalue weighted by atomic mass is 9.52. The van der Waals surface area contributed by atoms with Crippen LogP contribution < -0.4 is 19.7 Å². The topological polar surface area (TPSA) is 93.6 Å². The molecule has 286 valence electrons. The number of likely N-dealkylation sites (tertiary alicyclic amines) is 1. The molecule has 53 heavy (non-hydrogen) atoms. The third-order valence-electron chi connectivity index (χ3n) is 11.3. The zero-order chi connectivity index (χ0) is 37.8. The van der Waals surface area contributed by atoms with Crippen molar-refractivity contribution in [3.8, 4) is 17.2 Å². The predicted octanol–water partition coefficient (Wildman–Crippen LogP) is 6.69. The molecule has 9 nitrogen and oxygen atoms in total. The maximum absolute atomic E-state index is 9.47. The average Bonchev–Trinajstić information content (AvgIpc) is 3.19. The summed E-state index contributed by atoms with van der Waals surface area (Å²) in [6, 6.07) is 28.5. The molecule has 4 atom stereocenters. The number of methoxy groups -OCH3 is 2. The number of aromatic nitrogens is 1. The maximum Gasteiger partial charge on any atom is 0.128 e. The van der Waals surface area contributed by atoms with Crippen molar-refractivity contribution in [2.75, 3.05) is 73.5 Å². The van der Waals surface area contributed by atoms with E-state index in [0.717, 1.165) is 54.5 Å². The number of hydrogen-bond acceptors (Lipinski definition) is 9. The fourth-order valence-electron chi connectivity index (χ4n) is 8.43. The van der Waals surface area contributed by atoms with Crippen LogP contribution in [0.15, 0.2) is 91.1 Å². The molecular formula is C44H61N5O4. The summed E-state index contributed by atoms with van der Waals surface area (Å²) in [6.07, 6.45) is 9.51. The summed E-state index contributed by atoms with van der Waals surface area (Å²) in [5.41, 5.74) is 5.65. The molecule has 2 heterocycles. The molecule has 2 fully saturated rings. The van der Waals surface area contributed by atoms with Crippen LogP contribution in [0.4, 0.5) is 5.82 Å². The van der Waals surface area contributed by atoms with Crippen molar-refractivity contribution in [3.05, 3.63) is 113 Å². The van der Waals surface area contributed by atoms with Crippen LogP contribution in [0.1, 0.15) is 60.5 Å². The number of aromatic hydroxyl groups is 1. The fraction of sp³-hybridized carbons (Fsp3) is 0.477. The molecule has 7 rings (SSSR count). The smallest absolute Gasteiger partial charge is 0.128 e. The standard InChI is InChI=1S/C18H25NO.C17H23N3O.C9H13NO2/c1-19-10-9-18-8-4-3-5-15(18)17(19)11-13-6-7-14(20-2)12-16(13)18;1-19(2)12-13-20(17-6-4-5-11-18-17)14-15-7-9-16(21-3)10-8-15;1-10-6-9(12)7-3-2-4-8(11)5-7/h6-7,12,15,17H,3-5,8-11H2,1-2H3;4-11H,12-14H2,1-3H3;2-5,9-12H,6H2,1H3/t15-,17-,18-;;9-/m1.0/s1. The molecule has 1 saturated heterocycles. The van der Waals surface area contributed by atoms with E-state index >= 15 is 0 Å². The van der Waals surface area contributed by atoms with Crippen molar-refractivity contribution in [2.45, 2.75) is 62.6 Å². The number of ether oxygens (including phenoxy) is 2. The highest BCUT2D eigenvalue weighted by molar-refractivity contribution is 5.46. The minimum absolute atomic E-state index is 0.183. The molecule has 0 spiro atoms. The average molecular weight is 724 g/mol. The van der Waals surface area contributed by atoms with Gasteiger partial charge >= 0.3 is 0 Å². The third kappa shape index (κ3) is 10.3. The van der Waals surface area contributed by atoms with Crippen LogP contribution in [0.3, 0.4) is 0 Å². The van der Waals surface area contributed by atoms with Gasteiger partial charge in [0.25, 0.3) is 0 Å². The first-order chi connectivity index (χ1) is 25.7. The lowest BCUT2D eigenvalue weighted by Crippen LogP contribution is -2.59. The number of rotatable bonds is 11. The molecule has 1 saturated carbocycles.